The molecular formula is C16H36N2O. The van der Waals surface area contributed by atoms with E-state index in [-0.39, 0.29) is 18.7 Å². The Labute approximate surface area is 120 Å². The Kier molecular flexibility index (Phi) is 9.67. The minimum absolute atomic E-state index is 0.0596. The average Bonchev–Trinajstić information content (AvgIpc) is 2.29. The molecule has 0 aliphatic carbocycles. The summed E-state index contributed by atoms with van der Waals surface area (Å²) in [4.78, 5) is 2.46. The smallest absolute Gasteiger partial charge is 0.0602 e. The third kappa shape index (κ3) is 6.73. The Hall–Kier alpha value is -0.120. The van der Waals surface area contributed by atoms with Gasteiger partial charge in [0.05, 0.1) is 6.61 Å². The van der Waals surface area contributed by atoms with Crippen LogP contribution in [0.3, 0.4) is 0 Å². The maximum atomic E-state index is 9.81. The monoisotopic (exact) mass is 272 g/mol. The number of aliphatic hydroxyl groups excluding tert-OH is 1. The number of rotatable bonds is 10. The molecule has 0 bridgehead atoms. The fourth-order valence-electron chi connectivity index (χ4n) is 2.92. The zero-order valence-corrected chi connectivity index (χ0v) is 13.9. The predicted octanol–water partition coefficient (Wildman–Crippen LogP) is 2.87. The third-order valence-corrected chi connectivity index (χ3v) is 3.84. The summed E-state index contributed by atoms with van der Waals surface area (Å²) >= 11 is 0. The molecule has 3 nitrogen and oxygen atoms in total. The highest BCUT2D eigenvalue weighted by Crippen LogP contribution is 2.19. The molecule has 0 rings (SSSR count). The van der Waals surface area contributed by atoms with E-state index in [9.17, 15) is 5.11 Å². The molecule has 0 aromatic heterocycles. The molecule has 0 spiro atoms. The van der Waals surface area contributed by atoms with E-state index in [1.54, 1.807) is 0 Å². The lowest BCUT2D eigenvalue weighted by molar-refractivity contribution is 0.0486. The summed E-state index contributed by atoms with van der Waals surface area (Å²) in [6.45, 7) is 14.5. The van der Waals surface area contributed by atoms with Gasteiger partial charge in [-0.05, 0) is 31.1 Å². The van der Waals surface area contributed by atoms with Crippen LogP contribution in [0.2, 0.25) is 0 Å². The van der Waals surface area contributed by atoms with E-state index < -0.39 is 0 Å². The molecular weight excluding hydrogens is 236 g/mol. The van der Waals surface area contributed by atoms with E-state index >= 15 is 0 Å². The SMILES string of the molecule is CCC(CC)N(CC(C)C)C(CO)C(N)CC(C)C. The van der Waals surface area contributed by atoms with Gasteiger partial charge in [0.1, 0.15) is 0 Å². The van der Waals surface area contributed by atoms with Crippen molar-refractivity contribution in [3.63, 3.8) is 0 Å². The zero-order chi connectivity index (χ0) is 15.0. The summed E-state index contributed by atoms with van der Waals surface area (Å²) in [6.07, 6.45) is 3.21. The van der Waals surface area contributed by atoms with Gasteiger partial charge in [-0.3, -0.25) is 4.90 Å². The van der Waals surface area contributed by atoms with E-state index in [0.29, 0.717) is 17.9 Å². The molecule has 0 heterocycles. The van der Waals surface area contributed by atoms with Crippen LogP contribution >= 0.6 is 0 Å². The molecule has 0 saturated carbocycles. The second-order valence-corrected chi connectivity index (χ2v) is 6.60. The first-order valence-electron chi connectivity index (χ1n) is 7.99. The fourth-order valence-corrected chi connectivity index (χ4v) is 2.92. The lowest BCUT2D eigenvalue weighted by Gasteiger charge is -2.41. The van der Waals surface area contributed by atoms with Crippen LogP contribution in [0, 0.1) is 11.8 Å². The quantitative estimate of drug-likeness (QED) is 0.643. The lowest BCUT2D eigenvalue weighted by Crippen LogP contribution is -2.55. The van der Waals surface area contributed by atoms with Gasteiger partial charge in [0.2, 0.25) is 0 Å². The Bertz CT molecular complexity index is 215. The largest absolute Gasteiger partial charge is 0.395 e. The standard InChI is InChI=1S/C16H36N2O/c1-7-14(8-2)18(10-13(5)6)16(11-19)15(17)9-12(3)4/h12-16,19H,7-11,17H2,1-6H3. The van der Waals surface area contributed by atoms with Gasteiger partial charge in [0.15, 0.2) is 0 Å². The molecule has 0 fully saturated rings. The molecule has 3 heteroatoms. The molecule has 0 radical (unpaired) electrons. The summed E-state index contributed by atoms with van der Waals surface area (Å²) in [6, 6.07) is 0.678. The maximum Gasteiger partial charge on any atom is 0.0602 e. The average molecular weight is 272 g/mol. The van der Waals surface area contributed by atoms with Crippen LogP contribution in [0.4, 0.5) is 0 Å². The first kappa shape index (κ1) is 18.9. The third-order valence-electron chi connectivity index (χ3n) is 3.84. The van der Waals surface area contributed by atoms with Crippen molar-refractivity contribution in [3.05, 3.63) is 0 Å². The van der Waals surface area contributed by atoms with Crippen molar-refractivity contribution >= 4 is 0 Å². The van der Waals surface area contributed by atoms with Crippen molar-refractivity contribution in [1.29, 1.82) is 0 Å². The van der Waals surface area contributed by atoms with Gasteiger partial charge < -0.3 is 10.8 Å². The minimum Gasteiger partial charge on any atom is -0.395 e. The second-order valence-electron chi connectivity index (χ2n) is 6.60. The van der Waals surface area contributed by atoms with Crippen LogP contribution in [-0.4, -0.2) is 41.3 Å². The molecule has 0 aliphatic heterocycles. The topological polar surface area (TPSA) is 49.5 Å². The molecule has 19 heavy (non-hydrogen) atoms. The molecule has 0 aliphatic rings. The summed E-state index contributed by atoms with van der Waals surface area (Å²) in [5, 5.41) is 9.81. The Morgan fingerprint density at radius 3 is 1.84 bits per heavy atom. The predicted molar refractivity (Wildman–Crippen MR) is 84.2 cm³/mol. The van der Waals surface area contributed by atoms with Crippen molar-refractivity contribution < 1.29 is 5.11 Å². The van der Waals surface area contributed by atoms with Crippen LogP contribution in [0.5, 0.6) is 0 Å². The molecule has 0 aromatic carbocycles. The lowest BCUT2D eigenvalue weighted by atomic mass is 9.94. The number of aliphatic hydroxyl groups is 1. The van der Waals surface area contributed by atoms with Crippen LogP contribution in [0.15, 0.2) is 0 Å². The van der Waals surface area contributed by atoms with Gasteiger partial charge in [-0.15, -0.1) is 0 Å². The van der Waals surface area contributed by atoms with Gasteiger partial charge >= 0.3 is 0 Å². The summed E-state index contributed by atoms with van der Waals surface area (Å²) in [5.74, 6) is 1.17. The molecule has 3 N–H and O–H groups in total. The van der Waals surface area contributed by atoms with Gasteiger partial charge in [0.25, 0.3) is 0 Å². The number of nitrogens with two attached hydrogens (primary N) is 1. The van der Waals surface area contributed by atoms with E-state index in [4.69, 9.17) is 5.73 Å². The molecule has 0 saturated heterocycles. The Balaban J connectivity index is 4.94. The number of nitrogens with zero attached hydrogens (tertiary/aromatic N) is 1. The minimum atomic E-state index is 0.0596. The van der Waals surface area contributed by atoms with Gasteiger partial charge in [-0.1, -0.05) is 41.5 Å². The van der Waals surface area contributed by atoms with Crippen LogP contribution < -0.4 is 5.73 Å². The summed E-state index contributed by atoms with van der Waals surface area (Å²) in [7, 11) is 0. The van der Waals surface area contributed by atoms with Crippen LogP contribution in [-0.2, 0) is 0 Å². The van der Waals surface area contributed by atoms with Crippen molar-refractivity contribution in [2.75, 3.05) is 13.2 Å². The van der Waals surface area contributed by atoms with Gasteiger partial charge in [-0.25, -0.2) is 0 Å². The van der Waals surface area contributed by atoms with Crippen molar-refractivity contribution in [1.82, 2.24) is 4.90 Å². The number of hydrogen-bond acceptors (Lipinski definition) is 3. The van der Waals surface area contributed by atoms with E-state index in [0.717, 1.165) is 25.8 Å². The van der Waals surface area contributed by atoms with Crippen molar-refractivity contribution in [3.8, 4) is 0 Å². The molecule has 2 atom stereocenters. The van der Waals surface area contributed by atoms with Crippen molar-refractivity contribution in [2.24, 2.45) is 17.6 Å². The van der Waals surface area contributed by atoms with E-state index in [1.807, 2.05) is 0 Å². The van der Waals surface area contributed by atoms with Crippen molar-refractivity contribution in [2.45, 2.75) is 78.9 Å². The fraction of sp³-hybridized carbons (Fsp3) is 1.00. The van der Waals surface area contributed by atoms with Gasteiger partial charge in [0, 0.05) is 24.7 Å². The Morgan fingerprint density at radius 1 is 1.00 bits per heavy atom. The van der Waals surface area contributed by atoms with E-state index in [1.165, 1.54) is 0 Å². The highest BCUT2D eigenvalue weighted by atomic mass is 16.3. The Morgan fingerprint density at radius 2 is 1.53 bits per heavy atom. The van der Waals surface area contributed by atoms with Crippen LogP contribution in [0.1, 0.15) is 60.8 Å². The molecule has 116 valence electrons. The van der Waals surface area contributed by atoms with E-state index in [2.05, 4.69) is 46.4 Å². The van der Waals surface area contributed by atoms with Gasteiger partial charge in [-0.2, -0.15) is 0 Å². The molecule has 0 amide bonds. The second kappa shape index (κ2) is 9.73. The maximum absolute atomic E-state index is 9.81. The first-order valence-corrected chi connectivity index (χ1v) is 7.99. The summed E-state index contributed by atoms with van der Waals surface area (Å²) in [5.41, 5.74) is 6.35. The highest BCUT2D eigenvalue weighted by Gasteiger charge is 2.29. The highest BCUT2D eigenvalue weighted by molar-refractivity contribution is 4.86. The zero-order valence-electron chi connectivity index (χ0n) is 13.9. The normalized spacial score (nSPS) is 15.8. The molecule has 2 unspecified atom stereocenters. The van der Waals surface area contributed by atoms with Crippen LogP contribution in [0.25, 0.3) is 0 Å². The first-order chi connectivity index (χ1) is 8.87. The number of hydrogen-bond donors (Lipinski definition) is 2. The molecule has 0 aromatic rings. The summed E-state index contributed by atoms with van der Waals surface area (Å²) < 4.78 is 0.